The Bertz CT molecular complexity index is 654. The Kier molecular flexibility index (Phi) is 4.02. The van der Waals surface area contributed by atoms with Crippen LogP contribution in [-0.4, -0.2) is 10.9 Å². The second-order valence-electron chi connectivity index (χ2n) is 6.02. The molecule has 1 aromatic heterocycles. The molecule has 0 saturated carbocycles. The molecule has 0 saturated heterocycles. The van der Waals surface area contributed by atoms with Crippen LogP contribution >= 0.6 is 0 Å². The van der Waals surface area contributed by atoms with Gasteiger partial charge in [0.05, 0.1) is 11.8 Å². The van der Waals surface area contributed by atoms with Crippen molar-refractivity contribution in [1.82, 2.24) is 4.98 Å². The van der Waals surface area contributed by atoms with E-state index in [0.717, 1.165) is 11.3 Å². The van der Waals surface area contributed by atoms with Gasteiger partial charge in [-0.05, 0) is 24.6 Å². The fourth-order valence-electron chi connectivity index (χ4n) is 1.82. The summed E-state index contributed by atoms with van der Waals surface area (Å²) in [5.74, 6) is 1.18. The molecule has 0 radical (unpaired) electrons. The molecule has 1 aromatic carbocycles. The summed E-state index contributed by atoms with van der Waals surface area (Å²) in [5.41, 5.74) is 6.57. The molecule has 2 aromatic rings. The van der Waals surface area contributed by atoms with Gasteiger partial charge in [-0.15, -0.1) is 0 Å². The molecule has 5 heteroatoms. The van der Waals surface area contributed by atoms with Crippen molar-refractivity contribution in [2.24, 2.45) is 5.73 Å². The number of aryl methyl sites for hydroxylation is 1. The lowest BCUT2D eigenvalue weighted by molar-refractivity contribution is 0.0995. The van der Waals surface area contributed by atoms with E-state index in [4.69, 9.17) is 14.9 Å². The van der Waals surface area contributed by atoms with Gasteiger partial charge in [0.25, 0.3) is 5.91 Å². The van der Waals surface area contributed by atoms with E-state index in [9.17, 15) is 4.79 Å². The smallest absolute Gasteiger partial charge is 0.252 e. The predicted octanol–water partition coefficient (Wildman–Crippen LogP) is 2.96. The number of primary amides is 1. The predicted molar refractivity (Wildman–Crippen MR) is 79.2 cm³/mol. The molecule has 0 aliphatic rings. The standard InChI is InChI=1S/C16H20N2O3/c1-10-5-6-11(15(17)19)12(7-10)20-9-14-18-8-13(21-14)16(2,3)4/h5-8H,9H2,1-4H3,(H2,17,19). The van der Waals surface area contributed by atoms with Gasteiger partial charge in [-0.2, -0.15) is 0 Å². The minimum absolute atomic E-state index is 0.104. The summed E-state index contributed by atoms with van der Waals surface area (Å²) in [7, 11) is 0. The van der Waals surface area contributed by atoms with E-state index in [1.807, 2.05) is 33.8 Å². The van der Waals surface area contributed by atoms with Crippen LogP contribution < -0.4 is 10.5 Å². The number of hydrogen-bond acceptors (Lipinski definition) is 4. The molecule has 0 fully saturated rings. The Balaban J connectivity index is 2.15. The van der Waals surface area contributed by atoms with Crippen LogP contribution in [0, 0.1) is 6.92 Å². The summed E-state index contributed by atoms with van der Waals surface area (Å²) in [5, 5.41) is 0. The van der Waals surface area contributed by atoms with Gasteiger partial charge in [0.2, 0.25) is 5.89 Å². The summed E-state index contributed by atoms with van der Waals surface area (Å²) < 4.78 is 11.3. The number of hydrogen-bond donors (Lipinski definition) is 1. The van der Waals surface area contributed by atoms with Gasteiger partial charge in [0, 0.05) is 5.41 Å². The van der Waals surface area contributed by atoms with Crippen LogP contribution in [0.2, 0.25) is 0 Å². The summed E-state index contributed by atoms with van der Waals surface area (Å²) in [6, 6.07) is 5.24. The molecule has 2 rings (SSSR count). The number of rotatable bonds is 4. The molecule has 112 valence electrons. The Morgan fingerprint density at radius 3 is 2.67 bits per heavy atom. The largest absolute Gasteiger partial charge is 0.483 e. The fourth-order valence-corrected chi connectivity index (χ4v) is 1.82. The number of oxazole rings is 1. The molecule has 21 heavy (non-hydrogen) atoms. The van der Waals surface area contributed by atoms with Crippen molar-refractivity contribution in [3.05, 3.63) is 47.2 Å². The molecule has 0 aliphatic carbocycles. The van der Waals surface area contributed by atoms with Crippen LogP contribution in [0.3, 0.4) is 0 Å². The molecule has 1 amide bonds. The van der Waals surface area contributed by atoms with Crippen LogP contribution in [-0.2, 0) is 12.0 Å². The van der Waals surface area contributed by atoms with Crippen LogP contribution in [0.15, 0.2) is 28.8 Å². The van der Waals surface area contributed by atoms with Gasteiger partial charge in [0.1, 0.15) is 11.5 Å². The third-order valence-corrected chi connectivity index (χ3v) is 3.05. The van der Waals surface area contributed by atoms with E-state index < -0.39 is 5.91 Å². The van der Waals surface area contributed by atoms with Crippen LogP contribution in [0.1, 0.15) is 48.3 Å². The zero-order valence-corrected chi connectivity index (χ0v) is 12.8. The van der Waals surface area contributed by atoms with E-state index >= 15 is 0 Å². The van der Waals surface area contributed by atoms with Crippen molar-refractivity contribution in [2.45, 2.75) is 39.7 Å². The number of nitrogens with zero attached hydrogens (tertiary/aromatic N) is 1. The number of benzene rings is 1. The minimum Gasteiger partial charge on any atom is -0.483 e. The number of carbonyl (C=O) groups is 1. The van der Waals surface area contributed by atoms with Crippen molar-refractivity contribution in [3.63, 3.8) is 0 Å². The third kappa shape index (κ3) is 3.62. The zero-order chi connectivity index (χ0) is 15.6. The van der Waals surface area contributed by atoms with Crippen molar-refractivity contribution < 1.29 is 13.9 Å². The highest BCUT2D eigenvalue weighted by Crippen LogP contribution is 2.24. The van der Waals surface area contributed by atoms with Gasteiger partial charge in [0.15, 0.2) is 6.61 Å². The molecular formula is C16H20N2O3. The highest BCUT2D eigenvalue weighted by atomic mass is 16.5. The first-order valence-electron chi connectivity index (χ1n) is 6.76. The quantitative estimate of drug-likeness (QED) is 0.938. The summed E-state index contributed by atoms with van der Waals surface area (Å²) in [6.07, 6.45) is 1.70. The van der Waals surface area contributed by atoms with Crippen molar-refractivity contribution in [1.29, 1.82) is 0 Å². The maximum atomic E-state index is 11.4. The Hall–Kier alpha value is -2.30. The SMILES string of the molecule is Cc1ccc(C(N)=O)c(OCc2ncc(C(C)(C)C)o2)c1. The second kappa shape index (κ2) is 5.60. The zero-order valence-electron chi connectivity index (χ0n) is 12.8. The normalized spacial score (nSPS) is 11.4. The lowest BCUT2D eigenvalue weighted by Gasteiger charge is -2.13. The number of amides is 1. The van der Waals surface area contributed by atoms with E-state index in [-0.39, 0.29) is 12.0 Å². The lowest BCUT2D eigenvalue weighted by Crippen LogP contribution is -2.13. The van der Waals surface area contributed by atoms with Crippen molar-refractivity contribution >= 4 is 5.91 Å². The molecule has 0 unspecified atom stereocenters. The number of carbonyl (C=O) groups excluding carboxylic acids is 1. The first-order valence-corrected chi connectivity index (χ1v) is 6.76. The van der Waals surface area contributed by atoms with Gasteiger partial charge in [-0.25, -0.2) is 4.98 Å². The van der Waals surface area contributed by atoms with Gasteiger partial charge in [-0.3, -0.25) is 4.79 Å². The second-order valence-corrected chi connectivity index (χ2v) is 6.02. The number of ether oxygens (including phenoxy) is 1. The van der Waals surface area contributed by atoms with Crippen molar-refractivity contribution in [3.8, 4) is 5.75 Å². The first kappa shape index (κ1) is 15.1. The van der Waals surface area contributed by atoms with Gasteiger partial charge < -0.3 is 14.9 Å². The minimum atomic E-state index is -0.521. The first-order chi connectivity index (χ1) is 9.77. The Labute approximate surface area is 124 Å². The van der Waals surface area contributed by atoms with Gasteiger partial charge >= 0.3 is 0 Å². The maximum Gasteiger partial charge on any atom is 0.252 e. The Morgan fingerprint density at radius 2 is 2.10 bits per heavy atom. The summed E-state index contributed by atoms with van der Waals surface area (Å²) in [6.45, 7) is 8.21. The average Bonchev–Trinajstić information content (AvgIpc) is 2.84. The summed E-state index contributed by atoms with van der Waals surface area (Å²) in [4.78, 5) is 15.6. The number of aromatic nitrogens is 1. The van der Waals surface area contributed by atoms with Crippen LogP contribution in [0.5, 0.6) is 5.75 Å². The van der Waals surface area contributed by atoms with E-state index in [1.54, 1.807) is 18.3 Å². The molecule has 0 bridgehead atoms. The summed E-state index contributed by atoms with van der Waals surface area (Å²) >= 11 is 0. The topological polar surface area (TPSA) is 78.4 Å². The van der Waals surface area contributed by atoms with E-state index in [1.165, 1.54) is 0 Å². The molecular weight excluding hydrogens is 268 g/mol. The molecule has 0 spiro atoms. The molecule has 5 nitrogen and oxygen atoms in total. The monoisotopic (exact) mass is 288 g/mol. The molecule has 2 N–H and O–H groups in total. The Morgan fingerprint density at radius 1 is 1.38 bits per heavy atom. The number of nitrogens with two attached hydrogens (primary N) is 1. The maximum absolute atomic E-state index is 11.4. The van der Waals surface area contributed by atoms with Gasteiger partial charge in [-0.1, -0.05) is 26.8 Å². The van der Waals surface area contributed by atoms with Crippen LogP contribution in [0.4, 0.5) is 0 Å². The fraction of sp³-hybridized carbons (Fsp3) is 0.375. The average molecular weight is 288 g/mol. The molecule has 1 heterocycles. The lowest BCUT2D eigenvalue weighted by atomic mass is 9.94. The molecule has 0 atom stereocenters. The van der Waals surface area contributed by atoms with Crippen LogP contribution in [0.25, 0.3) is 0 Å². The highest BCUT2D eigenvalue weighted by Gasteiger charge is 2.19. The van der Waals surface area contributed by atoms with E-state index in [0.29, 0.717) is 17.2 Å². The van der Waals surface area contributed by atoms with Crippen molar-refractivity contribution in [2.75, 3.05) is 0 Å². The third-order valence-electron chi connectivity index (χ3n) is 3.05. The van der Waals surface area contributed by atoms with E-state index in [2.05, 4.69) is 4.98 Å². The highest BCUT2D eigenvalue weighted by molar-refractivity contribution is 5.95. The molecule has 0 aliphatic heterocycles.